The fraction of sp³-hybridized carbons (Fsp3) is 0.312. The lowest BCUT2D eigenvalue weighted by atomic mass is 10.0. The first kappa shape index (κ1) is 14.5. The third kappa shape index (κ3) is 3.07. The number of anilines is 1. The van der Waals surface area contributed by atoms with Gasteiger partial charge in [0.15, 0.2) is 0 Å². The van der Waals surface area contributed by atoms with Gasteiger partial charge in [-0.2, -0.15) is 0 Å². The molecule has 114 valence electrons. The lowest BCUT2D eigenvalue weighted by Crippen LogP contribution is -2.50. The van der Waals surface area contributed by atoms with Crippen LogP contribution in [0.15, 0.2) is 48.8 Å². The van der Waals surface area contributed by atoms with Gasteiger partial charge in [-0.05, 0) is 11.6 Å². The van der Waals surface area contributed by atoms with E-state index in [4.69, 9.17) is 5.73 Å². The Morgan fingerprint density at radius 3 is 2.23 bits per heavy atom. The average Bonchev–Trinajstić information content (AvgIpc) is 2.57. The standard InChI is InChI=1S/C16H19N5O/c17-15(22)14(13-5-2-1-3-6-13)20-9-11-21(12-10-20)16-18-7-4-8-19-16/h1-8,14H,9-12H2,(H2,17,22)/t14-/m0/s1. The maximum atomic E-state index is 11.9. The number of nitrogens with zero attached hydrogens (tertiary/aromatic N) is 4. The van der Waals surface area contributed by atoms with Gasteiger partial charge in [0.1, 0.15) is 6.04 Å². The minimum atomic E-state index is -0.375. The second kappa shape index (κ2) is 6.53. The Morgan fingerprint density at radius 2 is 1.64 bits per heavy atom. The largest absolute Gasteiger partial charge is 0.368 e. The molecule has 3 rings (SSSR count). The second-order valence-corrected chi connectivity index (χ2v) is 5.29. The summed E-state index contributed by atoms with van der Waals surface area (Å²) in [6.45, 7) is 3.06. The molecular weight excluding hydrogens is 278 g/mol. The van der Waals surface area contributed by atoms with Crippen LogP contribution < -0.4 is 10.6 Å². The van der Waals surface area contributed by atoms with Crippen LogP contribution in [0.3, 0.4) is 0 Å². The topological polar surface area (TPSA) is 75.4 Å². The lowest BCUT2D eigenvalue weighted by molar-refractivity contribution is -0.123. The van der Waals surface area contributed by atoms with Crippen LogP contribution in [-0.4, -0.2) is 47.0 Å². The number of hydrogen-bond acceptors (Lipinski definition) is 5. The Hall–Kier alpha value is -2.47. The smallest absolute Gasteiger partial charge is 0.239 e. The predicted octanol–water partition coefficient (Wildman–Crippen LogP) is 0.825. The summed E-state index contributed by atoms with van der Waals surface area (Å²) < 4.78 is 0. The Morgan fingerprint density at radius 1 is 1.00 bits per heavy atom. The average molecular weight is 297 g/mol. The molecule has 0 radical (unpaired) electrons. The molecule has 1 amide bonds. The molecule has 2 heterocycles. The number of primary amides is 1. The van der Waals surface area contributed by atoms with E-state index >= 15 is 0 Å². The Bertz CT molecular complexity index is 611. The highest BCUT2D eigenvalue weighted by atomic mass is 16.1. The van der Waals surface area contributed by atoms with Crippen LogP contribution in [0.25, 0.3) is 0 Å². The number of amides is 1. The van der Waals surface area contributed by atoms with Crippen LogP contribution in [0.4, 0.5) is 5.95 Å². The summed E-state index contributed by atoms with van der Waals surface area (Å²) in [5, 5.41) is 0. The van der Waals surface area contributed by atoms with Crippen LogP contribution in [-0.2, 0) is 4.79 Å². The zero-order valence-electron chi connectivity index (χ0n) is 12.3. The van der Waals surface area contributed by atoms with Gasteiger partial charge in [0.25, 0.3) is 0 Å². The number of piperazine rings is 1. The molecule has 1 aliphatic heterocycles. The van der Waals surface area contributed by atoms with E-state index in [1.807, 2.05) is 30.3 Å². The van der Waals surface area contributed by atoms with Crippen molar-refractivity contribution in [3.8, 4) is 0 Å². The van der Waals surface area contributed by atoms with Crippen molar-refractivity contribution in [1.29, 1.82) is 0 Å². The summed E-state index contributed by atoms with van der Waals surface area (Å²) in [7, 11) is 0. The fourth-order valence-electron chi connectivity index (χ4n) is 2.83. The molecule has 6 heteroatoms. The van der Waals surface area contributed by atoms with Crippen molar-refractivity contribution < 1.29 is 4.79 Å². The van der Waals surface area contributed by atoms with Crippen molar-refractivity contribution in [2.24, 2.45) is 5.73 Å². The van der Waals surface area contributed by atoms with Crippen LogP contribution in [0.2, 0.25) is 0 Å². The van der Waals surface area contributed by atoms with Crippen molar-refractivity contribution in [2.45, 2.75) is 6.04 Å². The fourth-order valence-corrected chi connectivity index (χ4v) is 2.83. The number of hydrogen-bond donors (Lipinski definition) is 1. The van der Waals surface area contributed by atoms with Gasteiger partial charge >= 0.3 is 0 Å². The molecule has 1 aromatic heterocycles. The van der Waals surface area contributed by atoms with E-state index in [0.29, 0.717) is 0 Å². The van der Waals surface area contributed by atoms with E-state index in [9.17, 15) is 4.79 Å². The van der Waals surface area contributed by atoms with E-state index in [1.165, 1.54) is 0 Å². The summed E-state index contributed by atoms with van der Waals surface area (Å²) in [4.78, 5) is 24.7. The van der Waals surface area contributed by atoms with Crippen LogP contribution in [0.5, 0.6) is 0 Å². The molecular formula is C16H19N5O. The number of benzene rings is 1. The number of carbonyl (C=O) groups excluding carboxylic acids is 1. The van der Waals surface area contributed by atoms with Crippen molar-refractivity contribution in [3.63, 3.8) is 0 Å². The number of carbonyl (C=O) groups is 1. The maximum absolute atomic E-state index is 11.9. The van der Waals surface area contributed by atoms with E-state index in [0.717, 1.165) is 37.7 Å². The number of nitrogens with two attached hydrogens (primary N) is 1. The molecule has 1 fully saturated rings. The van der Waals surface area contributed by atoms with Gasteiger partial charge in [0.2, 0.25) is 11.9 Å². The van der Waals surface area contributed by atoms with E-state index in [1.54, 1.807) is 18.5 Å². The predicted molar refractivity (Wildman–Crippen MR) is 84.2 cm³/mol. The molecule has 0 aliphatic carbocycles. The Labute approximate surface area is 129 Å². The third-order valence-corrected chi connectivity index (χ3v) is 3.90. The van der Waals surface area contributed by atoms with Crippen LogP contribution in [0, 0.1) is 0 Å². The number of rotatable bonds is 4. The summed E-state index contributed by atoms with van der Waals surface area (Å²) in [5.41, 5.74) is 6.57. The normalized spacial score (nSPS) is 17.2. The first-order chi connectivity index (χ1) is 10.8. The molecule has 1 aromatic carbocycles. The molecule has 1 aliphatic rings. The van der Waals surface area contributed by atoms with Crippen LogP contribution >= 0.6 is 0 Å². The quantitative estimate of drug-likeness (QED) is 0.904. The third-order valence-electron chi connectivity index (χ3n) is 3.90. The second-order valence-electron chi connectivity index (χ2n) is 5.29. The zero-order chi connectivity index (χ0) is 15.4. The van der Waals surface area contributed by atoms with Gasteiger partial charge in [-0.3, -0.25) is 9.69 Å². The van der Waals surface area contributed by atoms with Gasteiger partial charge in [-0.15, -0.1) is 0 Å². The van der Waals surface area contributed by atoms with Gasteiger partial charge < -0.3 is 10.6 Å². The highest BCUT2D eigenvalue weighted by Gasteiger charge is 2.29. The monoisotopic (exact) mass is 297 g/mol. The van der Waals surface area contributed by atoms with E-state index in [-0.39, 0.29) is 11.9 Å². The molecule has 6 nitrogen and oxygen atoms in total. The van der Waals surface area contributed by atoms with Gasteiger partial charge in [0.05, 0.1) is 0 Å². The van der Waals surface area contributed by atoms with Crippen molar-refractivity contribution in [3.05, 3.63) is 54.4 Å². The van der Waals surface area contributed by atoms with Gasteiger partial charge in [-0.25, -0.2) is 9.97 Å². The summed E-state index contributed by atoms with van der Waals surface area (Å²) in [6.07, 6.45) is 3.48. The van der Waals surface area contributed by atoms with Gasteiger partial charge in [-0.1, -0.05) is 30.3 Å². The molecule has 1 saturated heterocycles. The van der Waals surface area contributed by atoms with E-state index < -0.39 is 0 Å². The molecule has 0 saturated carbocycles. The molecule has 22 heavy (non-hydrogen) atoms. The Balaban J connectivity index is 1.70. The minimum absolute atomic E-state index is 0.310. The molecule has 2 aromatic rings. The molecule has 0 spiro atoms. The zero-order valence-corrected chi connectivity index (χ0v) is 12.3. The first-order valence-electron chi connectivity index (χ1n) is 7.36. The summed E-state index contributed by atoms with van der Waals surface area (Å²) in [6, 6.07) is 11.1. The van der Waals surface area contributed by atoms with Crippen LogP contribution in [0.1, 0.15) is 11.6 Å². The maximum Gasteiger partial charge on any atom is 0.239 e. The molecule has 0 bridgehead atoms. The van der Waals surface area contributed by atoms with Crippen molar-refractivity contribution in [1.82, 2.24) is 14.9 Å². The summed E-state index contributed by atoms with van der Waals surface area (Å²) >= 11 is 0. The molecule has 1 atom stereocenters. The Kier molecular flexibility index (Phi) is 4.29. The van der Waals surface area contributed by atoms with Gasteiger partial charge in [0, 0.05) is 38.6 Å². The van der Waals surface area contributed by atoms with Crippen molar-refractivity contribution >= 4 is 11.9 Å². The van der Waals surface area contributed by atoms with E-state index in [2.05, 4.69) is 19.8 Å². The summed E-state index contributed by atoms with van der Waals surface area (Å²) in [5.74, 6) is 0.424. The minimum Gasteiger partial charge on any atom is -0.368 e. The lowest BCUT2D eigenvalue weighted by Gasteiger charge is -2.38. The highest BCUT2D eigenvalue weighted by Crippen LogP contribution is 2.22. The molecule has 2 N–H and O–H groups in total. The SMILES string of the molecule is NC(=O)[C@H](c1ccccc1)N1CCN(c2ncccn2)CC1. The first-order valence-corrected chi connectivity index (χ1v) is 7.36. The highest BCUT2D eigenvalue weighted by molar-refractivity contribution is 5.81. The molecule has 0 unspecified atom stereocenters. The van der Waals surface area contributed by atoms with Crippen molar-refractivity contribution in [2.75, 3.05) is 31.1 Å². The number of aromatic nitrogens is 2.